The summed E-state index contributed by atoms with van der Waals surface area (Å²) < 4.78 is 18.0. The van der Waals surface area contributed by atoms with Gasteiger partial charge in [-0.25, -0.2) is 4.39 Å². The van der Waals surface area contributed by atoms with Crippen LogP contribution in [0.1, 0.15) is 5.56 Å². The van der Waals surface area contributed by atoms with Crippen LogP contribution >= 0.6 is 0 Å². The van der Waals surface area contributed by atoms with Crippen molar-refractivity contribution in [3.05, 3.63) is 41.8 Å². The van der Waals surface area contributed by atoms with E-state index in [9.17, 15) is 9.18 Å². The van der Waals surface area contributed by atoms with Gasteiger partial charge in [0.05, 0.1) is 13.5 Å². The summed E-state index contributed by atoms with van der Waals surface area (Å²) in [5.41, 5.74) is 1.00. The molecule has 82 valence electrons. The van der Waals surface area contributed by atoms with Gasteiger partial charge in [0.1, 0.15) is 11.3 Å². The summed E-state index contributed by atoms with van der Waals surface area (Å²) in [4.78, 5) is 15.1. The molecule has 0 atom stereocenters. The Hall–Kier alpha value is -1.97. The fourth-order valence-corrected chi connectivity index (χ4v) is 1.58. The fraction of sp³-hybridized carbons (Fsp3) is 0.167. The fourth-order valence-electron chi connectivity index (χ4n) is 1.58. The number of nitrogens with zero attached hydrogens (tertiary/aromatic N) is 1. The van der Waals surface area contributed by atoms with E-state index in [0.29, 0.717) is 5.39 Å². The molecule has 1 aromatic carbocycles. The molecule has 0 bridgehead atoms. The monoisotopic (exact) mass is 219 g/mol. The number of para-hydroxylation sites is 1. The summed E-state index contributed by atoms with van der Waals surface area (Å²) in [5, 5.41) is 0.646. The maximum atomic E-state index is 13.4. The van der Waals surface area contributed by atoms with E-state index < -0.39 is 0 Å². The molecule has 0 fully saturated rings. The molecule has 2 aromatic rings. The van der Waals surface area contributed by atoms with Crippen molar-refractivity contribution < 1.29 is 13.9 Å². The van der Waals surface area contributed by atoms with Crippen molar-refractivity contribution in [1.29, 1.82) is 0 Å². The first-order chi connectivity index (χ1) is 7.72. The molecule has 4 heteroatoms. The molecule has 0 saturated heterocycles. The highest BCUT2D eigenvalue weighted by molar-refractivity contribution is 5.86. The summed E-state index contributed by atoms with van der Waals surface area (Å²) in [6.07, 6.45) is 1.61. The minimum atomic E-state index is -0.385. The molecule has 0 unspecified atom stereocenters. The SMILES string of the molecule is COC(=O)Cc1ccnc2c(F)cccc12. The number of aromatic nitrogens is 1. The molecule has 3 nitrogen and oxygen atoms in total. The van der Waals surface area contributed by atoms with Gasteiger partial charge in [-0.2, -0.15) is 0 Å². The molecule has 0 radical (unpaired) electrons. The van der Waals surface area contributed by atoms with Gasteiger partial charge < -0.3 is 4.74 Å². The molecule has 0 spiro atoms. The molecule has 0 aliphatic carbocycles. The van der Waals surface area contributed by atoms with Gasteiger partial charge in [-0.3, -0.25) is 9.78 Å². The molecule has 0 aliphatic heterocycles. The minimum absolute atomic E-state index is 0.124. The third kappa shape index (κ3) is 1.86. The van der Waals surface area contributed by atoms with Crippen molar-refractivity contribution in [2.24, 2.45) is 0 Å². The van der Waals surface area contributed by atoms with E-state index in [1.165, 1.54) is 19.4 Å². The van der Waals surface area contributed by atoms with Gasteiger partial charge in [0, 0.05) is 11.6 Å². The predicted octanol–water partition coefficient (Wildman–Crippen LogP) is 2.09. The Kier molecular flexibility index (Phi) is 2.81. The lowest BCUT2D eigenvalue weighted by Crippen LogP contribution is -2.05. The molecule has 0 amide bonds. The predicted molar refractivity (Wildman–Crippen MR) is 57.4 cm³/mol. The quantitative estimate of drug-likeness (QED) is 0.726. The smallest absolute Gasteiger partial charge is 0.310 e. The number of halogens is 1. The standard InChI is InChI=1S/C12H10FNO2/c1-16-11(15)7-8-5-6-14-12-9(8)3-2-4-10(12)13/h2-6H,7H2,1H3. The topological polar surface area (TPSA) is 39.2 Å². The van der Waals surface area contributed by atoms with Crippen LogP contribution in [-0.2, 0) is 16.0 Å². The van der Waals surface area contributed by atoms with Crippen LogP contribution < -0.4 is 0 Å². The number of benzene rings is 1. The first-order valence-electron chi connectivity index (χ1n) is 4.81. The van der Waals surface area contributed by atoms with Gasteiger partial charge in [-0.1, -0.05) is 12.1 Å². The van der Waals surface area contributed by atoms with Crippen molar-refractivity contribution in [3.8, 4) is 0 Å². The Morgan fingerprint density at radius 2 is 2.25 bits per heavy atom. The molecule has 0 N–H and O–H groups in total. The average molecular weight is 219 g/mol. The van der Waals surface area contributed by atoms with Crippen molar-refractivity contribution in [2.75, 3.05) is 7.11 Å². The number of hydrogen-bond donors (Lipinski definition) is 0. The number of rotatable bonds is 2. The summed E-state index contributed by atoms with van der Waals surface area (Å²) in [6.45, 7) is 0. The Balaban J connectivity index is 2.54. The molecule has 0 aliphatic rings. The molecule has 1 aromatic heterocycles. The highest BCUT2D eigenvalue weighted by atomic mass is 19.1. The van der Waals surface area contributed by atoms with Gasteiger partial charge in [-0.05, 0) is 17.7 Å². The van der Waals surface area contributed by atoms with Crippen molar-refractivity contribution in [3.63, 3.8) is 0 Å². The summed E-state index contributed by atoms with van der Waals surface area (Å²) in [5.74, 6) is -0.735. The average Bonchev–Trinajstić information content (AvgIpc) is 2.30. The third-order valence-electron chi connectivity index (χ3n) is 2.37. The van der Waals surface area contributed by atoms with E-state index in [4.69, 9.17) is 0 Å². The Labute approximate surface area is 91.9 Å². The molecule has 2 rings (SSSR count). The molecular formula is C12H10FNO2. The second kappa shape index (κ2) is 4.26. The zero-order valence-electron chi connectivity index (χ0n) is 8.74. The van der Waals surface area contributed by atoms with Crippen LogP contribution in [0.5, 0.6) is 0 Å². The zero-order chi connectivity index (χ0) is 11.5. The Morgan fingerprint density at radius 1 is 1.44 bits per heavy atom. The molecule has 16 heavy (non-hydrogen) atoms. The number of pyridine rings is 1. The van der Waals surface area contributed by atoms with Crippen molar-refractivity contribution >= 4 is 16.9 Å². The van der Waals surface area contributed by atoms with Crippen LogP contribution in [0, 0.1) is 5.82 Å². The van der Waals surface area contributed by atoms with Crippen LogP contribution in [-0.4, -0.2) is 18.1 Å². The minimum Gasteiger partial charge on any atom is -0.469 e. The van der Waals surface area contributed by atoms with Crippen LogP contribution in [0.4, 0.5) is 4.39 Å². The number of carbonyl (C=O) groups is 1. The van der Waals surface area contributed by atoms with Crippen molar-refractivity contribution in [2.45, 2.75) is 6.42 Å². The number of ether oxygens (including phenoxy) is 1. The van der Waals surface area contributed by atoms with Gasteiger partial charge in [0.25, 0.3) is 0 Å². The van der Waals surface area contributed by atoms with Gasteiger partial charge in [0.2, 0.25) is 0 Å². The van der Waals surface area contributed by atoms with Crippen LogP contribution in [0.3, 0.4) is 0 Å². The summed E-state index contributed by atoms with van der Waals surface area (Å²) in [7, 11) is 1.33. The normalized spacial score (nSPS) is 10.4. The van der Waals surface area contributed by atoms with Crippen LogP contribution in [0.25, 0.3) is 10.9 Å². The second-order valence-electron chi connectivity index (χ2n) is 3.36. The lowest BCUT2D eigenvalue weighted by atomic mass is 10.1. The third-order valence-corrected chi connectivity index (χ3v) is 2.37. The van der Waals surface area contributed by atoms with Crippen LogP contribution in [0.15, 0.2) is 30.5 Å². The Bertz CT molecular complexity index is 540. The number of esters is 1. The highest BCUT2D eigenvalue weighted by Gasteiger charge is 2.09. The first kappa shape index (κ1) is 10.5. The van der Waals surface area contributed by atoms with E-state index in [1.54, 1.807) is 18.2 Å². The number of fused-ring (bicyclic) bond motifs is 1. The lowest BCUT2D eigenvalue weighted by Gasteiger charge is -2.05. The zero-order valence-corrected chi connectivity index (χ0v) is 8.74. The van der Waals surface area contributed by atoms with Gasteiger partial charge in [-0.15, -0.1) is 0 Å². The van der Waals surface area contributed by atoms with Crippen molar-refractivity contribution in [1.82, 2.24) is 4.98 Å². The largest absolute Gasteiger partial charge is 0.469 e. The van der Waals surface area contributed by atoms with Gasteiger partial charge in [0.15, 0.2) is 0 Å². The highest BCUT2D eigenvalue weighted by Crippen LogP contribution is 2.19. The maximum absolute atomic E-state index is 13.4. The number of methoxy groups -OCH3 is 1. The van der Waals surface area contributed by atoms with Gasteiger partial charge >= 0.3 is 5.97 Å². The summed E-state index contributed by atoms with van der Waals surface area (Å²) in [6, 6.07) is 6.37. The van der Waals surface area contributed by atoms with E-state index >= 15 is 0 Å². The lowest BCUT2D eigenvalue weighted by molar-refractivity contribution is -0.139. The summed E-state index contributed by atoms with van der Waals surface area (Å²) >= 11 is 0. The maximum Gasteiger partial charge on any atom is 0.310 e. The van der Waals surface area contributed by atoms with E-state index in [0.717, 1.165) is 5.56 Å². The molecule has 0 saturated carbocycles. The van der Waals surface area contributed by atoms with Crippen LogP contribution in [0.2, 0.25) is 0 Å². The van der Waals surface area contributed by atoms with E-state index in [2.05, 4.69) is 9.72 Å². The number of carbonyl (C=O) groups excluding carboxylic acids is 1. The number of hydrogen-bond acceptors (Lipinski definition) is 3. The second-order valence-corrected chi connectivity index (χ2v) is 3.36. The Morgan fingerprint density at radius 3 is 3.00 bits per heavy atom. The van der Waals surface area contributed by atoms with E-state index in [1.807, 2.05) is 0 Å². The van der Waals surface area contributed by atoms with E-state index in [-0.39, 0.29) is 23.7 Å². The molecular weight excluding hydrogens is 209 g/mol. The molecule has 1 heterocycles. The first-order valence-corrected chi connectivity index (χ1v) is 4.81.